The average Bonchev–Trinajstić information content (AvgIpc) is 3.69. The molecule has 0 saturated carbocycles. The SMILES string of the molecule is C=C(CCN1C(=O)CC(SCCCCCCNC(=O)NCC(=O)Nc2nc3c(s2)CC(NCCC)CC3)C1=O)NCC(C)(O)OCCC(C)(C)C=O.C=C(N)CNC. The molecule has 0 bridgehead atoms. The molecule has 16 nitrogen and oxygen atoms in total. The van der Waals surface area contributed by atoms with Crippen molar-refractivity contribution in [1.82, 2.24) is 36.5 Å². The first-order chi connectivity index (χ1) is 27.5. The maximum absolute atomic E-state index is 12.9. The van der Waals surface area contributed by atoms with E-state index in [0.717, 1.165) is 75.6 Å². The molecular weight excluding hydrogens is 783 g/mol. The number of anilines is 1. The van der Waals surface area contributed by atoms with Gasteiger partial charge in [-0.15, -0.1) is 23.1 Å². The third-order valence-corrected chi connectivity index (χ3v) is 11.7. The number of likely N-dealkylation sites (N-methyl/N-ethyl adjacent to an activating group) is 1. The van der Waals surface area contributed by atoms with Crippen LogP contribution in [0.4, 0.5) is 9.93 Å². The number of rotatable bonds is 27. The zero-order valence-corrected chi connectivity index (χ0v) is 36.9. The molecule has 9 N–H and O–H groups in total. The first-order valence-corrected chi connectivity index (χ1v) is 22.2. The fourth-order valence-electron chi connectivity index (χ4n) is 5.86. The highest BCUT2D eigenvalue weighted by Crippen LogP contribution is 2.30. The second kappa shape index (κ2) is 26.5. The fraction of sp³-hybridized carbons (Fsp3) is 0.700. The minimum Gasteiger partial charge on any atom is -0.401 e. The number of nitrogens with zero attached hydrogens (tertiary/aromatic N) is 2. The standard InChI is InChI=1S/C36H59N7O7S2.C4H10N2/c1-6-15-37-26-11-12-27-28(20-26)52-34(41-27)42-30(45)22-39-33(48)38-16-9-7-8-10-19-51-29-21-31(46)43(32(29)47)17-13-25(2)40-23-36(5,49)50-18-14-35(3,4)24-44;1-4(5)3-6-2/h24,26,29,37,40,49H,2,6-23H2,1,3-5H3,(H2,38,39,48)(H,41,42,45);6H,1,3,5H2,2H3. The Kier molecular flexibility index (Phi) is 23.1. The normalized spacial score (nSPS) is 17.4. The highest BCUT2D eigenvalue weighted by Gasteiger charge is 2.38. The van der Waals surface area contributed by atoms with Gasteiger partial charge in [0.15, 0.2) is 10.9 Å². The predicted molar refractivity (Wildman–Crippen MR) is 232 cm³/mol. The van der Waals surface area contributed by atoms with Crippen molar-refractivity contribution in [1.29, 1.82) is 0 Å². The lowest BCUT2D eigenvalue weighted by molar-refractivity contribution is -0.188. The number of thiazole rings is 1. The molecule has 3 rings (SSSR count). The summed E-state index contributed by atoms with van der Waals surface area (Å²) in [7, 11) is 1.83. The molecule has 1 aliphatic heterocycles. The lowest BCUT2D eigenvalue weighted by Crippen LogP contribution is -2.41. The monoisotopic (exact) mass is 851 g/mol. The van der Waals surface area contributed by atoms with Crippen LogP contribution in [0.25, 0.3) is 0 Å². The van der Waals surface area contributed by atoms with Gasteiger partial charge in [0.1, 0.15) is 6.29 Å². The Morgan fingerprint density at radius 2 is 1.83 bits per heavy atom. The molecule has 1 saturated heterocycles. The van der Waals surface area contributed by atoms with Gasteiger partial charge in [0, 0.05) is 60.2 Å². The number of nitrogens with two attached hydrogens (primary N) is 1. The minimum atomic E-state index is -1.47. The molecular formula is C40H69N9O7S2. The molecule has 1 aromatic rings. The topological polar surface area (TPSA) is 229 Å². The van der Waals surface area contributed by atoms with Gasteiger partial charge in [0.25, 0.3) is 0 Å². The van der Waals surface area contributed by atoms with Crippen molar-refractivity contribution < 1.29 is 33.8 Å². The van der Waals surface area contributed by atoms with Crippen LogP contribution in [-0.4, -0.2) is 121 Å². The zero-order chi connectivity index (χ0) is 43.1. The van der Waals surface area contributed by atoms with E-state index in [1.165, 1.54) is 39.8 Å². The predicted octanol–water partition coefficient (Wildman–Crippen LogP) is 3.17. The van der Waals surface area contributed by atoms with Crippen molar-refractivity contribution in [3.63, 3.8) is 0 Å². The van der Waals surface area contributed by atoms with E-state index >= 15 is 0 Å². The highest BCUT2D eigenvalue weighted by atomic mass is 32.2. The van der Waals surface area contributed by atoms with Crippen molar-refractivity contribution >= 4 is 58.3 Å². The number of aldehydes is 1. The number of aromatic nitrogens is 1. The van der Waals surface area contributed by atoms with Crippen molar-refractivity contribution in [2.24, 2.45) is 11.1 Å². The van der Waals surface area contributed by atoms with Crippen molar-refractivity contribution in [3.05, 3.63) is 35.1 Å². The number of aliphatic hydroxyl groups is 1. The maximum Gasteiger partial charge on any atom is 0.315 e. The number of hydrogen-bond acceptors (Lipinski definition) is 14. The number of ether oxygens (including phenoxy) is 1. The summed E-state index contributed by atoms with van der Waals surface area (Å²) >= 11 is 3.01. The van der Waals surface area contributed by atoms with Crippen LogP contribution >= 0.6 is 23.1 Å². The Morgan fingerprint density at radius 1 is 1.09 bits per heavy atom. The molecule has 0 aromatic carbocycles. The fourth-order valence-corrected chi connectivity index (χ4v) is 8.15. The van der Waals surface area contributed by atoms with Crippen molar-refractivity contribution in [3.8, 4) is 0 Å². The van der Waals surface area contributed by atoms with Crippen LogP contribution in [-0.2, 0) is 36.8 Å². The molecule has 18 heteroatoms. The molecule has 328 valence electrons. The summed E-state index contributed by atoms with van der Waals surface area (Å²) in [5.74, 6) is -1.40. The Hall–Kier alpha value is -3.55. The summed E-state index contributed by atoms with van der Waals surface area (Å²) in [6.45, 7) is 17.2. The number of carbonyl (C=O) groups is 5. The van der Waals surface area contributed by atoms with Crippen molar-refractivity contribution in [2.75, 3.05) is 64.0 Å². The number of imide groups is 1. The third-order valence-electron chi connectivity index (χ3n) is 9.34. The van der Waals surface area contributed by atoms with E-state index in [9.17, 15) is 29.1 Å². The zero-order valence-electron chi connectivity index (χ0n) is 35.3. The van der Waals surface area contributed by atoms with Gasteiger partial charge < -0.3 is 52.3 Å². The van der Waals surface area contributed by atoms with E-state index in [-0.39, 0.29) is 55.6 Å². The Bertz CT molecular complexity index is 1500. The number of unbranched alkanes of at least 4 members (excludes halogenated alkanes) is 3. The number of fused-ring (bicyclic) bond motifs is 1. The van der Waals surface area contributed by atoms with Crippen LogP contribution in [0, 0.1) is 5.41 Å². The molecule has 1 aromatic heterocycles. The van der Waals surface area contributed by atoms with E-state index in [0.29, 0.717) is 48.5 Å². The number of likely N-dealkylation sites (tertiary alicyclic amines) is 1. The van der Waals surface area contributed by atoms with Crippen molar-refractivity contribution in [2.45, 2.75) is 115 Å². The average molecular weight is 852 g/mol. The first-order valence-electron chi connectivity index (χ1n) is 20.3. The molecule has 0 spiro atoms. The van der Waals surface area contributed by atoms with E-state index in [2.05, 4.69) is 57.0 Å². The van der Waals surface area contributed by atoms with Gasteiger partial charge >= 0.3 is 6.03 Å². The van der Waals surface area contributed by atoms with Crippen LogP contribution in [0.2, 0.25) is 0 Å². The summed E-state index contributed by atoms with van der Waals surface area (Å²) in [4.78, 5) is 68.1. The lowest BCUT2D eigenvalue weighted by Gasteiger charge is -2.27. The first kappa shape index (κ1) is 50.6. The number of hydrogen-bond donors (Lipinski definition) is 8. The van der Waals surface area contributed by atoms with Crippen LogP contribution in [0.1, 0.15) is 96.1 Å². The second-order valence-electron chi connectivity index (χ2n) is 15.6. The highest BCUT2D eigenvalue weighted by molar-refractivity contribution is 8.00. The van der Waals surface area contributed by atoms with Gasteiger partial charge in [0.05, 0.1) is 30.6 Å². The van der Waals surface area contributed by atoms with Gasteiger partial charge in [-0.25, -0.2) is 9.78 Å². The molecule has 58 heavy (non-hydrogen) atoms. The lowest BCUT2D eigenvalue weighted by atomic mass is 9.92. The van der Waals surface area contributed by atoms with Crippen LogP contribution in [0.5, 0.6) is 0 Å². The minimum absolute atomic E-state index is 0.0730. The quantitative estimate of drug-likeness (QED) is 0.0276. The molecule has 2 aliphatic rings. The van der Waals surface area contributed by atoms with E-state index in [4.69, 9.17) is 10.5 Å². The molecule has 3 atom stereocenters. The number of urea groups is 1. The molecule has 2 heterocycles. The number of thioether (sulfide) groups is 1. The Morgan fingerprint density at radius 3 is 2.50 bits per heavy atom. The summed E-state index contributed by atoms with van der Waals surface area (Å²) in [6.07, 6.45) is 9.35. The van der Waals surface area contributed by atoms with Gasteiger partial charge in [0.2, 0.25) is 17.7 Å². The Labute approximate surface area is 353 Å². The van der Waals surface area contributed by atoms with Crippen LogP contribution in [0.15, 0.2) is 24.6 Å². The van der Waals surface area contributed by atoms with Gasteiger partial charge in [-0.2, -0.15) is 0 Å². The maximum atomic E-state index is 12.9. The van der Waals surface area contributed by atoms with E-state index < -0.39 is 17.2 Å². The molecule has 1 fully saturated rings. The largest absolute Gasteiger partial charge is 0.401 e. The molecule has 5 amide bonds. The van der Waals surface area contributed by atoms with Gasteiger partial charge in [-0.1, -0.05) is 46.8 Å². The summed E-state index contributed by atoms with van der Waals surface area (Å²) < 4.78 is 5.51. The van der Waals surface area contributed by atoms with Crippen LogP contribution < -0.4 is 37.6 Å². The number of nitrogens with one attached hydrogen (secondary N) is 6. The second-order valence-corrected chi connectivity index (χ2v) is 18.0. The summed E-state index contributed by atoms with van der Waals surface area (Å²) in [5.41, 5.74) is 6.93. The van der Waals surface area contributed by atoms with Gasteiger partial charge in [-0.3, -0.25) is 19.3 Å². The molecule has 1 aliphatic carbocycles. The smallest absolute Gasteiger partial charge is 0.315 e. The van der Waals surface area contributed by atoms with E-state index in [1.54, 1.807) is 13.8 Å². The number of carbonyl (C=O) groups excluding carboxylic acids is 5. The van der Waals surface area contributed by atoms with Gasteiger partial charge in [-0.05, 0) is 71.2 Å². The summed E-state index contributed by atoms with van der Waals surface area (Å²) in [6, 6.07) is 0.0593. The molecule has 3 unspecified atom stereocenters. The van der Waals surface area contributed by atoms with E-state index in [1.807, 2.05) is 7.05 Å². The van der Waals surface area contributed by atoms with Crippen LogP contribution in [0.3, 0.4) is 0 Å². The summed E-state index contributed by atoms with van der Waals surface area (Å²) in [5, 5.41) is 28.2. The number of aryl methyl sites for hydroxylation is 1. The third kappa shape index (κ3) is 20.4. The Balaban J connectivity index is 0.00000179. The molecule has 0 radical (unpaired) electrons. The number of amides is 5.